The maximum atomic E-state index is 12.6. The second-order valence-electron chi connectivity index (χ2n) is 3.46. The van der Waals surface area contributed by atoms with Crippen LogP contribution >= 0.6 is 0 Å². The van der Waals surface area contributed by atoms with Crippen molar-refractivity contribution in [3.63, 3.8) is 0 Å². The summed E-state index contributed by atoms with van der Waals surface area (Å²) in [7, 11) is 0. The van der Waals surface area contributed by atoms with Gasteiger partial charge < -0.3 is 5.32 Å². The monoisotopic (exact) mass is 205 g/mol. The van der Waals surface area contributed by atoms with Crippen LogP contribution in [0.3, 0.4) is 0 Å². The Hall–Kier alpha value is -1.33. The van der Waals surface area contributed by atoms with Crippen LogP contribution in [0, 0.1) is 18.2 Å². The lowest BCUT2D eigenvalue weighted by Gasteiger charge is -2.10. The minimum Gasteiger partial charge on any atom is -0.303 e. The Balaban J connectivity index is 2.32. The van der Waals surface area contributed by atoms with Crippen LogP contribution in [0.2, 0.25) is 0 Å². The molecular weight excluding hydrogens is 189 g/mol. The quantitative estimate of drug-likeness (QED) is 0.728. The number of terminal acetylenes is 1. The molecule has 1 N–H and O–H groups in total. The van der Waals surface area contributed by atoms with E-state index in [1.165, 1.54) is 12.1 Å². The number of halogens is 1. The third kappa shape index (κ3) is 4.14. The summed E-state index contributed by atoms with van der Waals surface area (Å²) in [5.74, 6) is 2.48. The van der Waals surface area contributed by atoms with Crippen LogP contribution in [-0.4, -0.2) is 12.6 Å². The summed E-state index contributed by atoms with van der Waals surface area (Å²) in [4.78, 5) is 0. The van der Waals surface area contributed by atoms with Crippen LogP contribution in [0.15, 0.2) is 24.3 Å². The zero-order valence-corrected chi connectivity index (χ0v) is 8.96. The summed E-state index contributed by atoms with van der Waals surface area (Å²) in [6.07, 6.45) is 7.12. The second kappa shape index (κ2) is 6.21. The van der Waals surface area contributed by atoms with Crippen LogP contribution in [0.1, 0.15) is 18.9 Å². The summed E-state index contributed by atoms with van der Waals surface area (Å²) < 4.78 is 12.6. The van der Waals surface area contributed by atoms with Crippen LogP contribution in [0.25, 0.3) is 0 Å². The van der Waals surface area contributed by atoms with E-state index in [4.69, 9.17) is 6.42 Å². The van der Waals surface area contributed by atoms with Crippen molar-refractivity contribution in [3.8, 4) is 12.3 Å². The van der Waals surface area contributed by atoms with Crippen molar-refractivity contribution in [2.75, 3.05) is 6.54 Å². The fraction of sp³-hybridized carbons (Fsp3) is 0.385. The van der Waals surface area contributed by atoms with Gasteiger partial charge in [-0.05, 0) is 30.5 Å². The molecule has 1 nitrogen and oxygen atoms in total. The number of hydrogen-bond acceptors (Lipinski definition) is 1. The molecule has 1 unspecified atom stereocenters. The summed E-state index contributed by atoms with van der Waals surface area (Å²) >= 11 is 0. The van der Waals surface area contributed by atoms with Gasteiger partial charge in [0.15, 0.2) is 0 Å². The van der Waals surface area contributed by atoms with Crippen molar-refractivity contribution in [2.45, 2.75) is 25.8 Å². The predicted octanol–water partition coefficient (Wildman–Crippen LogP) is 2.37. The van der Waals surface area contributed by atoms with E-state index in [0.29, 0.717) is 0 Å². The third-order valence-corrected chi connectivity index (χ3v) is 2.33. The largest absolute Gasteiger partial charge is 0.303 e. The van der Waals surface area contributed by atoms with Crippen molar-refractivity contribution in [3.05, 3.63) is 35.6 Å². The Bertz CT molecular complexity index is 323. The Morgan fingerprint density at radius 3 is 2.60 bits per heavy atom. The first-order valence-corrected chi connectivity index (χ1v) is 5.20. The molecule has 1 atom stereocenters. The SMILES string of the molecule is C#CC(CC)NCCc1ccc(F)cc1. The van der Waals surface area contributed by atoms with Gasteiger partial charge in [0.25, 0.3) is 0 Å². The molecule has 15 heavy (non-hydrogen) atoms. The van der Waals surface area contributed by atoms with Gasteiger partial charge in [-0.25, -0.2) is 4.39 Å². The Labute approximate surface area is 90.7 Å². The Morgan fingerprint density at radius 2 is 2.07 bits per heavy atom. The molecule has 0 amide bonds. The lowest BCUT2D eigenvalue weighted by Crippen LogP contribution is -2.28. The molecule has 0 aliphatic rings. The highest BCUT2D eigenvalue weighted by Crippen LogP contribution is 2.03. The first-order valence-electron chi connectivity index (χ1n) is 5.20. The van der Waals surface area contributed by atoms with E-state index in [9.17, 15) is 4.39 Å². The fourth-order valence-corrected chi connectivity index (χ4v) is 1.36. The van der Waals surface area contributed by atoms with Crippen molar-refractivity contribution >= 4 is 0 Å². The number of benzene rings is 1. The molecule has 0 saturated heterocycles. The van der Waals surface area contributed by atoms with Crippen LogP contribution in [0.5, 0.6) is 0 Å². The molecule has 0 radical (unpaired) electrons. The van der Waals surface area contributed by atoms with Gasteiger partial charge in [-0.1, -0.05) is 25.0 Å². The van der Waals surface area contributed by atoms with Crippen molar-refractivity contribution in [1.82, 2.24) is 5.32 Å². The predicted molar refractivity (Wildman–Crippen MR) is 61.0 cm³/mol. The molecule has 0 spiro atoms. The molecule has 80 valence electrons. The van der Waals surface area contributed by atoms with E-state index in [1.807, 2.05) is 0 Å². The molecule has 0 aliphatic heterocycles. The Morgan fingerprint density at radius 1 is 1.40 bits per heavy atom. The maximum Gasteiger partial charge on any atom is 0.123 e. The normalized spacial score (nSPS) is 12.1. The fourth-order valence-electron chi connectivity index (χ4n) is 1.36. The molecule has 1 aromatic rings. The van der Waals surface area contributed by atoms with Crippen molar-refractivity contribution < 1.29 is 4.39 Å². The molecule has 0 aliphatic carbocycles. The van der Waals surface area contributed by atoms with Crippen LogP contribution in [-0.2, 0) is 6.42 Å². The minimum absolute atomic E-state index is 0.144. The van der Waals surface area contributed by atoms with Gasteiger partial charge >= 0.3 is 0 Å². The first-order chi connectivity index (χ1) is 7.26. The lowest BCUT2D eigenvalue weighted by atomic mass is 10.1. The van der Waals surface area contributed by atoms with Gasteiger partial charge in [0.1, 0.15) is 5.82 Å². The highest BCUT2D eigenvalue weighted by Gasteiger charge is 1.99. The molecule has 1 aromatic carbocycles. The molecular formula is C13H16FN. The zero-order valence-electron chi connectivity index (χ0n) is 8.96. The zero-order chi connectivity index (χ0) is 11.1. The highest BCUT2D eigenvalue weighted by atomic mass is 19.1. The molecule has 0 saturated carbocycles. The first kappa shape index (κ1) is 11.7. The van der Waals surface area contributed by atoms with E-state index in [2.05, 4.69) is 18.2 Å². The summed E-state index contributed by atoms with van der Waals surface area (Å²) in [5.41, 5.74) is 1.12. The van der Waals surface area contributed by atoms with E-state index < -0.39 is 0 Å². The number of hydrogen-bond donors (Lipinski definition) is 1. The molecule has 0 aromatic heterocycles. The highest BCUT2D eigenvalue weighted by molar-refractivity contribution is 5.16. The maximum absolute atomic E-state index is 12.6. The summed E-state index contributed by atoms with van der Waals surface area (Å²) in [6, 6.07) is 6.70. The van der Waals surface area contributed by atoms with Gasteiger partial charge in [0, 0.05) is 6.54 Å². The van der Waals surface area contributed by atoms with Crippen molar-refractivity contribution in [2.24, 2.45) is 0 Å². The lowest BCUT2D eigenvalue weighted by molar-refractivity contribution is 0.592. The standard InChI is InChI=1S/C13H16FN/c1-3-13(4-2)15-10-9-11-5-7-12(14)8-6-11/h1,5-8,13,15H,4,9-10H2,2H3. The average molecular weight is 205 g/mol. The van der Waals surface area contributed by atoms with Crippen molar-refractivity contribution in [1.29, 1.82) is 0 Å². The van der Waals surface area contributed by atoms with E-state index >= 15 is 0 Å². The topological polar surface area (TPSA) is 12.0 Å². The second-order valence-corrected chi connectivity index (χ2v) is 3.46. The van der Waals surface area contributed by atoms with Gasteiger partial charge in [-0.3, -0.25) is 0 Å². The molecule has 0 bridgehead atoms. The van der Waals surface area contributed by atoms with Gasteiger partial charge in [0.05, 0.1) is 6.04 Å². The van der Waals surface area contributed by atoms with E-state index in [-0.39, 0.29) is 11.9 Å². The van der Waals surface area contributed by atoms with Gasteiger partial charge in [0.2, 0.25) is 0 Å². The molecule has 2 heteroatoms. The van der Waals surface area contributed by atoms with Gasteiger partial charge in [-0.2, -0.15) is 0 Å². The summed E-state index contributed by atoms with van der Waals surface area (Å²) in [6.45, 7) is 2.88. The number of nitrogens with one attached hydrogen (secondary N) is 1. The number of rotatable bonds is 5. The van der Waals surface area contributed by atoms with Crippen LogP contribution in [0.4, 0.5) is 4.39 Å². The Kier molecular flexibility index (Phi) is 4.86. The van der Waals surface area contributed by atoms with Crippen LogP contribution < -0.4 is 5.32 Å². The minimum atomic E-state index is -0.193. The van der Waals surface area contributed by atoms with Gasteiger partial charge in [-0.15, -0.1) is 6.42 Å². The molecule has 1 rings (SSSR count). The average Bonchev–Trinajstić information content (AvgIpc) is 2.27. The molecule has 0 heterocycles. The van der Waals surface area contributed by atoms with E-state index in [1.54, 1.807) is 12.1 Å². The smallest absolute Gasteiger partial charge is 0.123 e. The third-order valence-electron chi connectivity index (χ3n) is 2.33. The molecule has 0 fully saturated rings. The summed E-state index contributed by atoms with van der Waals surface area (Å²) in [5, 5.41) is 3.25. The van der Waals surface area contributed by atoms with E-state index in [0.717, 1.165) is 24.9 Å².